The zero-order valence-electron chi connectivity index (χ0n) is 10.5. The number of ether oxygens (including phenoxy) is 1. The molecule has 0 aliphatic carbocycles. The van der Waals surface area contributed by atoms with Crippen molar-refractivity contribution in [3.63, 3.8) is 0 Å². The number of aliphatic hydroxyl groups is 1. The van der Waals surface area contributed by atoms with Crippen molar-refractivity contribution in [2.75, 3.05) is 26.8 Å². The summed E-state index contributed by atoms with van der Waals surface area (Å²) in [6.07, 6.45) is -0.682. The predicted octanol–water partition coefficient (Wildman–Crippen LogP) is 0.581. The highest BCUT2D eigenvalue weighted by Gasteiger charge is 2.14. The number of aliphatic hydroxyl groups excluding tert-OH is 1. The maximum atomic E-state index is 10.8. The Morgan fingerprint density at radius 1 is 1.39 bits per heavy atom. The molecular formula is C13H19NO4. The Hall–Kier alpha value is -1.43. The van der Waals surface area contributed by atoms with Gasteiger partial charge in [0.15, 0.2) is 0 Å². The molecule has 5 nitrogen and oxygen atoms in total. The van der Waals surface area contributed by atoms with Gasteiger partial charge in [0.25, 0.3) is 0 Å². The van der Waals surface area contributed by atoms with Crippen LogP contribution in [0, 0.1) is 0 Å². The van der Waals surface area contributed by atoms with Gasteiger partial charge in [-0.15, -0.1) is 0 Å². The second kappa shape index (κ2) is 7.81. The number of rotatable bonds is 8. The first-order valence-corrected chi connectivity index (χ1v) is 5.77. The molecule has 0 radical (unpaired) electrons. The van der Waals surface area contributed by atoms with Crippen molar-refractivity contribution < 1.29 is 19.7 Å². The molecule has 0 saturated carbocycles. The molecule has 0 saturated heterocycles. The second-order valence-corrected chi connectivity index (χ2v) is 4.16. The van der Waals surface area contributed by atoms with E-state index in [4.69, 9.17) is 9.84 Å². The molecule has 1 aromatic carbocycles. The van der Waals surface area contributed by atoms with Gasteiger partial charge in [0.05, 0.1) is 19.3 Å². The van der Waals surface area contributed by atoms with E-state index in [1.807, 2.05) is 30.3 Å². The van der Waals surface area contributed by atoms with Crippen LogP contribution in [0.2, 0.25) is 0 Å². The molecule has 18 heavy (non-hydrogen) atoms. The van der Waals surface area contributed by atoms with Crippen LogP contribution in [0.3, 0.4) is 0 Å². The number of carboxylic acid groups (broad SMARTS) is 1. The molecule has 0 amide bonds. The molecule has 1 aromatic rings. The predicted molar refractivity (Wildman–Crippen MR) is 67.2 cm³/mol. The smallest absolute Gasteiger partial charge is 0.317 e. The number of nitrogens with zero attached hydrogens (tertiary/aromatic N) is 1. The molecule has 5 heteroatoms. The Labute approximate surface area is 107 Å². The van der Waals surface area contributed by atoms with Crippen LogP contribution in [0.5, 0.6) is 0 Å². The third kappa shape index (κ3) is 5.77. The first-order chi connectivity index (χ1) is 8.61. The van der Waals surface area contributed by atoms with Crippen molar-refractivity contribution in [3.05, 3.63) is 35.9 Å². The molecule has 1 unspecified atom stereocenters. The lowest BCUT2D eigenvalue weighted by atomic mass is 10.2. The SMILES string of the molecule is COCC(O)CN(CC(=O)O)Cc1ccccc1. The third-order valence-corrected chi connectivity index (χ3v) is 2.44. The van der Waals surface area contributed by atoms with Gasteiger partial charge in [-0.2, -0.15) is 0 Å². The molecule has 0 heterocycles. The van der Waals surface area contributed by atoms with Crippen LogP contribution in [-0.4, -0.2) is 54.0 Å². The monoisotopic (exact) mass is 253 g/mol. The fraction of sp³-hybridized carbons (Fsp3) is 0.462. The van der Waals surface area contributed by atoms with Crippen LogP contribution in [0.4, 0.5) is 0 Å². The van der Waals surface area contributed by atoms with Gasteiger partial charge in [0.2, 0.25) is 0 Å². The normalized spacial score (nSPS) is 12.6. The summed E-state index contributed by atoms with van der Waals surface area (Å²) in [5.74, 6) is -0.907. The van der Waals surface area contributed by atoms with Crippen LogP contribution in [-0.2, 0) is 16.1 Å². The minimum absolute atomic E-state index is 0.102. The van der Waals surface area contributed by atoms with E-state index in [0.717, 1.165) is 5.56 Å². The van der Waals surface area contributed by atoms with Crippen LogP contribution in [0.15, 0.2) is 30.3 Å². The Morgan fingerprint density at radius 3 is 2.61 bits per heavy atom. The van der Waals surface area contributed by atoms with Gasteiger partial charge < -0.3 is 14.9 Å². The molecule has 1 rings (SSSR count). The van der Waals surface area contributed by atoms with Crippen LogP contribution in [0.1, 0.15) is 5.56 Å². The molecule has 1 atom stereocenters. The molecule has 0 fully saturated rings. The largest absolute Gasteiger partial charge is 0.480 e. The summed E-state index contributed by atoms with van der Waals surface area (Å²) >= 11 is 0. The van der Waals surface area contributed by atoms with E-state index in [0.29, 0.717) is 6.54 Å². The summed E-state index contributed by atoms with van der Waals surface area (Å²) in [6.45, 7) is 0.865. The molecule has 0 aromatic heterocycles. The van der Waals surface area contributed by atoms with E-state index in [1.165, 1.54) is 7.11 Å². The van der Waals surface area contributed by atoms with Crippen molar-refractivity contribution >= 4 is 5.97 Å². The molecule has 0 spiro atoms. The maximum Gasteiger partial charge on any atom is 0.317 e. The van der Waals surface area contributed by atoms with Gasteiger partial charge in [-0.1, -0.05) is 30.3 Å². The summed E-state index contributed by atoms with van der Waals surface area (Å²) in [5, 5.41) is 18.5. The average molecular weight is 253 g/mol. The fourth-order valence-electron chi connectivity index (χ4n) is 1.76. The number of hydrogen-bond donors (Lipinski definition) is 2. The zero-order valence-corrected chi connectivity index (χ0v) is 10.5. The molecule has 2 N–H and O–H groups in total. The lowest BCUT2D eigenvalue weighted by molar-refractivity contribution is -0.138. The lowest BCUT2D eigenvalue weighted by Gasteiger charge is -2.23. The van der Waals surface area contributed by atoms with E-state index in [-0.39, 0.29) is 19.7 Å². The first-order valence-electron chi connectivity index (χ1n) is 5.77. The summed E-state index contributed by atoms with van der Waals surface area (Å²) in [6, 6.07) is 9.57. The van der Waals surface area contributed by atoms with Crippen molar-refractivity contribution in [2.45, 2.75) is 12.6 Å². The molecule has 0 bridgehead atoms. The number of methoxy groups -OCH3 is 1. The standard InChI is InChI=1S/C13H19NO4/c1-18-10-12(15)8-14(9-13(16)17)7-11-5-3-2-4-6-11/h2-6,12,15H,7-10H2,1H3,(H,16,17). The maximum absolute atomic E-state index is 10.8. The number of benzene rings is 1. The Morgan fingerprint density at radius 2 is 2.06 bits per heavy atom. The van der Waals surface area contributed by atoms with Gasteiger partial charge in [-0.05, 0) is 5.56 Å². The Bertz CT molecular complexity index is 355. The van der Waals surface area contributed by atoms with E-state index in [9.17, 15) is 9.90 Å². The van der Waals surface area contributed by atoms with Crippen molar-refractivity contribution in [2.24, 2.45) is 0 Å². The molecular weight excluding hydrogens is 234 g/mol. The molecule has 100 valence electrons. The van der Waals surface area contributed by atoms with Gasteiger partial charge in [-0.25, -0.2) is 0 Å². The van der Waals surface area contributed by atoms with Crippen molar-refractivity contribution in [3.8, 4) is 0 Å². The number of aliphatic carboxylic acids is 1. The highest BCUT2D eigenvalue weighted by atomic mass is 16.5. The van der Waals surface area contributed by atoms with Crippen molar-refractivity contribution in [1.82, 2.24) is 4.90 Å². The first kappa shape index (κ1) is 14.6. The van der Waals surface area contributed by atoms with E-state index >= 15 is 0 Å². The van der Waals surface area contributed by atoms with Gasteiger partial charge >= 0.3 is 5.97 Å². The molecule has 0 aliphatic heterocycles. The van der Waals surface area contributed by atoms with Gasteiger partial charge in [-0.3, -0.25) is 9.69 Å². The lowest BCUT2D eigenvalue weighted by Crippen LogP contribution is -2.37. The quantitative estimate of drug-likeness (QED) is 0.709. The van der Waals surface area contributed by atoms with E-state index < -0.39 is 12.1 Å². The van der Waals surface area contributed by atoms with Crippen LogP contribution in [0.25, 0.3) is 0 Å². The van der Waals surface area contributed by atoms with Gasteiger partial charge in [0.1, 0.15) is 0 Å². The fourth-order valence-corrected chi connectivity index (χ4v) is 1.76. The third-order valence-electron chi connectivity index (χ3n) is 2.44. The van der Waals surface area contributed by atoms with Crippen molar-refractivity contribution in [1.29, 1.82) is 0 Å². The number of carboxylic acids is 1. The number of hydrogen-bond acceptors (Lipinski definition) is 4. The Balaban J connectivity index is 2.58. The summed E-state index contributed by atoms with van der Waals surface area (Å²) in [4.78, 5) is 12.5. The second-order valence-electron chi connectivity index (χ2n) is 4.16. The minimum Gasteiger partial charge on any atom is -0.480 e. The Kier molecular flexibility index (Phi) is 6.35. The van der Waals surface area contributed by atoms with E-state index in [1.54, 1.807) is 4.90 Å². The van der Waals surface area contributed by atoms with Gasteiger partial charge in [0, 0.05) is 20.2 Å². The average Bonchev–Trinajstić information content (AvgIpc) is 2.29. The molecule has 0 aliphatic rings. The van der Waals surface area contributed by atoms with Crippen LogP contribution >= 0.6 is 0 Å². The highest BCUT2D eigenvalue weighted by molar-refractivity contribution is 5.69. The highest BCUT2D eigenvalue weighted by Crippen LogP contribution is 2.05. The minimum atomic E-state index is -0.907. The summed E-state index contributed by atoms with van der Waals surface area (Å²) < 4.78 is 4.84. The van der Waals surface area contributed by atoms with Crippen LogP contribution < -0.4 is 0 Å². The van der Waals surface area contributed by atoms with E-state index in [2.05, 4.69) is 0 Å². The topological polar surface area (TPSA) is 70.0 Å². The summed E-state index contributed by atoms with van der Waals surface area (Å²) in [7, 11) is 1.50. The zero-order chi connectivity index (χ0) is 13.4. The number of carbonyl (C=O) groups is 1. The summed E-state index contributed by atoms with van der Waals surface area (Å²) in [5.41, 5.74) is 1.02.